The Morgan fingerprint density at radius 2 is 1.90 bits per heavy atom. The van der Waals surface area contributed by atoms with Gasteiger partial charge in [-0.15, -0.1) is 12.4 Å². The molecule has 2 nitrogen and oxygen atoms in total. The van der Waals surface area contributed by atoms with Gasteiger partial charge in [0.05, 0.1) is 0 Å². The van der Waals surface area contributed by atoms with Crippen LogP contribution in [0.25, 0.3) is 0 Å². The van der Waals surface area contributed by atoms with E-state index in [0.29, 0.717) is 5.41 Å². The molecule has 0 saturated heterocycles. The van der Waals surface area contributed by atoms with Crippen molar-refractivity contribution in [3.8, 4) is 0 Å². The lowest BCUT2D eigenvalue weighted by Crippen LogP contribution is -2.33. The Kier molecular flexibility index (Phi) is 7.65. The zero-order valence-electron chi connectivity index (χ0n) is 7.11. The van der Waals surface area contributed by atoms with E-state index in [0.717, 1.165) is 6.54 Å². The van der Waals surface area contributed by atoms with Crippen molar-refractivity contribution in [1.29, 1.82) is 0 Å². The van der Waals surface area contributed by atoms with E-state index in [9.17, 15) is 0 Å². The molecule has 0 aliphatic carbocycles. The van der Waals surface area contributed by atoms with Crippen molar-refractivity contribution in [3.63, 3.8) is 0 Å². The number of rotatable bonds is 4. The largest absolute Gasteiger partial charge is 0.271 e. The fourth-order valence-electron chi connectivity index (χ4n) is 1.04. The van der Waals surface area contributed by atoms with Crippen LogP contribution in [0.3, 0.4) is 0 Å². The van der Waals surface area contributed by atoms with Crippen LogP contribution >= 0.6 is 12.4 Å². The van der Waals surface area contributed by atoms with Crippen molar-refractivity contribution in [1.82, 2.24) is 5.43 Å². The number of hydrazine groups is 1. The first kappa shape index (κ1) is 12.8. The number of nitrogens with one attached hydrogen (secondary N) is 1. The molecule has 0 aromatic heterocycles. The monoisotopic (exact) mass is 166 g/mol. The Hall–Kier alpha value is 0.210. The van der Waals surface area contributed by atoms with Gasteiger partial charge in [0.2, 0.25) is 0 Å². The molecule has 0 bridgehead atoms. The average molecular weight is 167 g/mol. The Morgan fingerprint density at radius 1 is 1.40 bits per heavy atom. The molecule has 3 heteroatoms. The minimum atomic E-state index is 0. The molecule has 0 rings (SSSR count). The number of halogens is 1. The van der Waals surface area contributed by atoms with Crippen molar-refractivity contribution in [3.05, 3.63) is 0 Å². The predicted molar refractivity (Wildman–Crippen MR) is 48.1 cm³/mol. The maximum atomic E-state index is 5.19. The summed E-state index contributed by atoms with van der Waals surface area (Å²) in [6.45, 7) is 7.53. The van der Waals surface area contributed by atoms with Crippen molar-refractivity contribution in [2.75, 3.05) is 6.54 Å². The van der Waals surface area contributed by atoms with Crippen molar-refractivity contribution >= 4 is 12.4 Å². The van der Waals surface area contributed by atoms with Gasteiger partial charge in [0.1, 0.15) is 0 Å². The first-order chi connectivity index (χ1) is 4.12. The lowest BCUT2D eigenvalue weighted by Gasteiger charge is -2.22. The Balaban J connectivity index is 0. The maximum Gasteiger partial charge on any atom is 0.0149 e. The minimum Gasteiger partial charge on any atom is -0.271 e. The second-order valence-corrected chi connectivity index (χ2v) is 3.30. The third-order valence-corrected chi connectivity index (χ3v) is 1.51. The Labute approximate surface area is 69.9 Å². The Morgan fingerprint density at radius 3 is 2.20 bits per heavy atom. The van der Waals surface area contributed by atoms with Gasteiger partial charge in [-0.1, -0.05) is 27.2 Å². The molecule has 0 amide bonds. The van der Waals surface area contributed by atoms with Gasteiger partial charge in [0, 0.05) is 6.54 Å². The second kappa shape index (κ2) is 5.96. The SMILES string of the molecule is CCCC(C)(C)CNN.Cl. The topological polar surface area (TPSA) is 38.0 Å². The van der Waals surface area contributed by atoms with Gasteiger partial charge in [-0.3, -0.25) is 11.3 Å². The third kappa shape index (κ3) is 6.33. The van der Waals surface area contributed by atoms with Crippen LogP contribution in [0, 0.1) is 5.41 Å². The summed E-state index contributed by atoms with van der Waals surface area (Å²) in [6, 6.07) is 0. The molecule has 0 radical (unpaired) electrons. The first-order valence-electron chi connectivity index (χ1n) is 3.56. The van der Waals surface area contributed by atoms with E-state index in [-0.39, 0.29) is 12.4 Å². The van der Waals surface area contributed by atoms with E-state index in [1.807, 2.05) is 0 Å². The summed E-state index contributed by atoms with van der Waals surface area (Å²) in [6.07, 6.45) is 2.46. The van der Waals surface area contributed by atoms with Crippen LogP contribution in [0.4, 0.5) is 0 Å². The molecule has 0 aliphatic heterocycles. The van der Waals surface area contributed by atoms with E-state index in [1.54, 1.807) is 0 Å². The van der Waals surface area contributed by atoms with Crippen molar-refractivity contribution in [2.45, 2.75) is 33.6 Å². The van der Waals surface area contributed by atoms with Gasteiger partial charge < -0.3 is 0 Å². The van der Waals surface area contributed by atoms with Crippen molar-refractivity contribution in [2.24, 2.45) is 11.3 Å². The molecule has 0 fully saturated rings. The van der Waals surface area contributed by atoms with Gasteiger partial charge in [-0.2, -0.15) is 0 Å². The standard InChI is InChI=1S/C7H18N2.ClH/c1-4-5-7(2,3)6-9-8;/h9H,4-6,8H2,1-3H3;1H. The summed E-state index contributed by atoms with van der Waals surface area (Å²) in [5.74, 6) is 5.19. The van der Waals surface area contributed by atoms with Gasteiger partial charge in [-0.05, 0) is 11.8 Å². The zero-order chi connectivity index (χ0) is 7.33. The normalized spacial score (nSPS) is 10.8. The van der Waals surface area contributed by atoms with Gasteiger partial charge >= 0.3 is 0 Å². The van der Waals surface area contributed by atoms with Crippen LogP contribution in [-0.2, 0) is 0 Å². The molecule has 0 atom stereocenters. The molecule has 0 aliphatic rings. The highest BCUT2D eigenvalue weighted by molar-refractivity contribution is 5.85. The summed E-state index contributed by atoms with van der Waals surface area (Å²) in [5.41, 5.74) is 3.06. The highest BCUT2D eigenvalue weighted by atomic mass is 35.5. The molecule has 0 saturated carbocycles. The molecule has 0 heterocycles. The zero-order valence-corrected chi connectivity index (χ0v) is 7.92. The molecular weight excluding hydrogens is 148 g/mol. The van der Waals surface area contributed by atoms with E-state index in [4.69, 9.17) is 5.84 Å². The minimum absolute atomic E-state index is 0. The highest BCUT2D eigenvalue weighted by Gasteiger charge is 2.14. The molecule has 0 unspecified atom stereocenters. The number of hydrogen-bond donors (Lipinski definition) is 2. The molecule has 10 heavy (non-hydrogen) atoms. The summed E-state index contributed by atoms with van der Waals surface area (Å²) in [5, 5.41) is 0. The summed E-state index contributed by atoms with van der Waals surface area (Å²) < 4.78 is 0. The quantitative estimate of drug-likeness (QED) is 0.493. The smallest absolute Gasteiger partial charge is 0.0149 e. The van der Waals surface area contributed by atoms with E-state index in [2.05, 4.69) is 26.2 Å². The van der Waals surface area contributed by atoms with Crippen LogP contribution < -0.4 is 11.3 Å². The first-order valence-corrected chi connectivity index (χ1v) is 3.56. The van der Waals surface area contributed by atoms with E-state index >= 15 is 0 Å². The summed E-state index contributed by atoms with van der Waals surface area (Å²) >= 11 is 0. The number of nitrogens with two attached hydrogens (primary N) is 1. The molecule has 0 spiro atoms. The number of hydrogen-bond acceptors (Lipinski definition) is 2. The van der Waals surface area contributed by atoms with Crippen LogP contribution in [0.15, 0.2) is 0 Å². The molecule has 64 valence electrons. The molecule has 3 N–H and O–H groups in total. The molecular formula is C7H19ClN2. The van der Waals surface area contributed by atoms with Crippen molar-refractivity contribution < 1.29 is 0 Å². The fraction of sp³-hybridized carbons (Fsp3) is 1.00. The van der Waals surface area contributed by atoms with Crippen LogP contribution in [-0.4, -0.2) is 6.54 Å². The van der Waals surface area contributed by atoms with E-state index in [1.165, 1.54) is 12.8 Å². The van der Waals surface area contributed by atoms with Crippen LogP contribution in [0.1, 0.15) is 33.6 Å². The van der Waals surface area contributed by atoms with Crippen LogP contribution in [0.2, 0.25) is 0 Å². The van der Waals surface area contributed by atoms with Gasteiger partial charge in [0.15, 0.2) is 0 Å². The fourth-order valence-corrected chi connectivity index (χ4v) is 1.04. The van der Waals surface area contributed by atoms with Gasteiger partial charge in [0.25, 0.3) is 0 Å². The Bertz CT molecular complexity index is 66.0. The predicted octanol–water partition coefficient (Wildman–Crippen LogP) is 1.70. The third-order valence-electron chi connectivity index (χ3n) is 1.51. The summed E-state index contributed by atoms with van der Waals surface area (Å²) in [7, 11) is 0. The highest BCUT2D eigenvalue weighted by Crippen LogP contribution is 2.19. The van der Waals surface area contributed by atoms with Gasteiger partial charge in [-0.25, -0.2) is 0 Å². The second-order valence-electron chi connectivity index (χ2n) is 3.30. The van der Waals surface area contributed by atoms with Crippen LogP contribution in [0.5, 0.6) is 0 Å². The molecule has 0 aromatic rings. The lowest BCUT2D eigenvalue weighted by molar-refractivity contribution is 0.313. The summed E-state index contributed by atoms with van der Waals surface area (Å²) in [4.78, 5) is 0. The lowest BCUT2D eigenvalue weighted by atomic mass is 9.88. The molecule has 0 aromatic carbocycles. The maximum absolute atomic E-state index is 5.19. The van der Waals surface area contributed by atoms with E-state index < -0.39 is 0 Å². The average Bonchev–Trinajstić information content (AvgIpc) is 1.64.